The number of nitrogens with zero attached hydrogens (tertiary/aromatic N) is 2. The molecule has 0 saturated carbocycles. The number of aromatic nitrogens is 2. The van der Waals surface area contributed by atoms with E-state index < -0.39 is 0 Å². The van der Waals surface area contributed by atoms with Gasteiger partial charge in [0, 0.05) is 18.2 Å². The highest BCUT2D eigenvalue weighted by Gasteiger charge is 2.11. The number of amides is 2. The van der Waals surface area contributed by atoms with E-state index in [9.17, 15) is 9.59 Å². The van der Waals surface area contributed by atoms with Crippen LogP contribution in [-0.4, -0.2) is 29.1 Å². The highest BCUT2D eigenvalue weighted by atomic mass is 32.1. The molecule has 0 aliphatic carbocycles. The van der Waals surface area contributed by atoms with Gasteiger partial charge in [-0.05, 0) is 62.1 Å². The van der Waals surface area contributed by atoms with E-state index in [-0.39, 0.29) is 36.5 Å². The Kier molecular flexibility index (Phi) is 11.7. The average Bonchev–Trinajstić information content (AvgIpc) is 3.36. The van der Waals surface area contributed by atoms with E-state index in [1.807, 2.05) is 61.6 Å². The first-order chi connectivity index (χ1) is 18.8. The normalized spacial score (nSPS) is 12.7. The molecule has 9 nitrogen and oxygen atoms in total. The minimum absolute atomic E-state index is 0.117. The Morgan fingerprint density at radius 3 is 2.46 bits per heavy atom. The Hall–Kier alpha value is -4.02. The molecule has 0 radical (unpaired) electrons. The number of benzene rings is 2. The molecule has 0 aliphatic heterocycles. The van der Waals surface area contributed by atoms with E-state index in [0.717, 1.165) is 41.0 Å². The van der Waals surface area contributed by atoms with E-state index in [1.165, 1.54) is 11.3 Å². The predicted octanol–water partition coefficient (Wildman–Crippen LogP) is 3.71. The summed E-state index contributed by atoms with van der Waals surface area (Å²) in [5, 5.41) is 18.4. The van der Waals surface area contributed by atoms with Crippen molar-refractivity contribution < 1.29 is 9.59 Å². The smallest absolute Gasteiger partial charge is 0.230 e. The maximum atomic E-state index is 12.5. The fourth-order valence-electron chi connectivity index (χ4n) is 3.81. The Balaban J connectivity index is 1.36. The van der Waals surface area contributed by atoms with Crippen molar-refractivity contribution in [2.75, 3.05) is 12.4 Å². The summed E-state index contributed by atoms with van der Waals surface area (Å²) in [7, 11) is 1.91. The van der Waals surface area contributed by atoms with Crippen molar-refractivity contribution in [3.8, 4) is 0 Å². The van der Waals surface area contributed by atoms with E-state index in [1.54, 1.807) is 12.2 Å². The largest absolute Gasteiger partial charge is 0.402 e. The van der Waals surface area contributed by atoms with Crippen molar-refractivity contribution in [3.05, 3.63) is 100.0 Å². The molecule has 0 fully saturated rings. The Morgan fingerprint density at radius 2 is 1.69 bits per heavy atom. The van der Waals surface area contributed by atoms with Crippen LogP contribution in [0, 0.1) is 0 Å². The summed E-state index contributed by atoms with van der Waals surface area (Å²) in [5.41, 5.74) is 15.7. The number of allylic oxidation sites excluding steroid dienone is 3. The van der Waals surface area contributed by atoms with Gasteiger partial charge in [-0.1, -0.05) is 65.9 Å². The number of aryl methyl sites for hydroxylation is 1. The van der Waals surface area contributed by atoms with Crippen molar-refractivity contribution in [2.45, 2.75) is 51.5 Å². The number of rotatable bonds is 14. The number of nitrogens with two attached hydrogens (primary N) is 2. The summed E-state index contributed by atoms with van der Waals surface area (Å²) < 4.78 is 0. The summed E-state index contributed by atoms with van der Waals surface area (Å²) >= 11 is 1.39. The summed E-state index contributed by atoms with van der Waals surface area (Å²) in [6, 6.07) is 17.7. The van der Waals surface area contributed by atoms with Crippen molar-refractivity contribution >= 4 is 28.3 Å². The van der Waals surface area contributed by atoms with Gasteiger partial charge in [-0.2, -0.15) is 0 Å². The lowest BCUT2D eigenvalue weighted by Gasteiger charge is -2.11. The third-order valence-electron chi connectivity index (χ3n) is 6.04. The lowest BCUT2D eigenvalue weighted by Crippen LogP contribution is -2.28. The highest BCUT2D eigenvalue weighted by molar-refractivity contribution is 7.15. The Labute approximate surface area is 233 Å². The van der Waals surface area contributed by atoms with Gasteiger partial charge in [0.1, 0.15) is 10.8 Å². The van der Waals surface area contributed by atoms with Crippen LogP contribution in [0.3, 0.4) is 0 Å². The molecule has 3 rings (SSSR count). The Bertz CT molecular complexity index is 1290. The predicted molar refractivity (Wildman–Crippen MR) is 157 cm³/mol. The van der Waals surface area contributed by atoms with Crippen LogP contribution in [-0.2, 0) is 28.9 Å². The first-order valence-electron chi connectivity index (χ1n) is 13.0. The van der Waals surface area contributed by atoms with Gasteiger partial charge in [0.2, 0.25) is 16.9 Å². The average molecular weight is 548 g/mol. The molecular weight excluding hydrogens is 510 g/mol. The number of anilines is 1. The van der Waals surface area contributed by atoms with Crippen LogP contribution >= 0.6 is 11.3 Å². The van der Waals surface area contributed by atoms with Crippen LogP contribution in [0.25, 0.3) is 0 Å². The molecule has 0 bridgehead atoms. The quantitative estimate of drug-likeness (QED) is 0.153. The summed E-state index contributed by atoms with van der Waals surface area (Å²) in [6.07, 6.45) is 7.03. The van der Waals surface area contributed by atoms with Crippen molar-refractivity contribution in [1.29, 1.82) is 0 Å². The van der Waals surface area contributed by atoms with Crippen LogP contribution < -0.4 is 27.4 Å². The van der Waals surface area contributed by atoms with E-state index in [4.69, 9.17) is 11.5 Å². The molecule has 0 aliphatic rings. The first kappa shape index (κ1) is 29.5. The maximum Gasteiger partial charge on any atom is 0.230 e. The zero-order chi connectivity index (χ0) is 28.0. The summed E-state index contributed by atoms with van der Waals surface area (Å²) in [4.78, 5) is 24.6. The molecule has 1 heterocycles. The van der Waals surface area contributed by atoms with Gasteiger partial charge in [0.05, 0.1) is 12.8 Å². The molecule has 1 unspecified atom stereocenters. The van der Waals surface area contributed by atoms with Crippen LogP contribution in [0.1, 0.15) is 53.9 Å². The molecule has 206 valence electrons. The molecule has 3 aromatic rings. The molecule has 0 spiro atoms. The Morgan fingerprint density at radius 1 is 0.949 bits per heavy atom. The summed E-state index contributed by atoms with van der Waals surface area (Å²) in [6.45, 7) is 2.08. The third-order valence-corrected chi connectivity index (χ3v) is 6.93. The zero-order valence-corrected chi connectivity index (χ0v) is 23.3. The molecular formula is C29H37N7O2S. The minimum atomic E-state index is -0.178. The van der Waals surface area contributed by atoms with Crippen molar-refractivity contribution in [1.82, 2.24) is 20.8 Å². The molecule has 2 aromatic carbocycles. The van der Waals surface area contributed by atoms with Gasteiger partial charge in [-0.25, -0.2) is 0 Å². The zero-order valence-electron chi connectivity index (χ0n) is 22.4. The van der Waals surface area contributed by atoms with E-state index in [2.05, 4.69) is 33.1 Å². The van der Waals surface area contributed by atoms with Gasteiger partial charge in [-0.3, -0.25) is 9.59 Å². The summed E-state index contributed by atoms with van der Waals surface area (Å²) in [5.74, 6) is -0.0427. The molecule has 7 N–H and O–H groups in total. The standard InChI is InChI=1S/C29H37N7O2S/c1-20(32-2)23-12-8-11-22(17-23)19-27(38)34-29-36-35-28(39-29)14-7-6-13-24(30)15-16-25(31)33-26(37)18-21-9-4-3-5-10-21/h3-5,8-12,15-17,20,32H,6-7,13-14,18-19,30-31H2,1-2H3,(H,33,37)(H,34,36,38)/b24-15-,25-16+. The number of hydrogen-bond donors (Lipinski definition) is 5. The molecule has 1 atom stereocenters. The molecule has 10 heteroatoms. The number of nitrogens with one attached hydrogen (secondary N) is 3. The van der Waals surface area contributed by atoms with Gasteiger partial charge in [0.25, 0.3) is 0 Å². The lowest BCUT2D eigenvalue weighted by molar-refractivity contribution is -0.119. The van der Waals surface area contributed by atoms with Crippen LogP contribution in [0.5, 0.6) is 0 Å². The fourth-order valence-corrected chi connectivity index (χ4v) is 4.60. The second kappa shape index (κ2) is 15.4. The van der Waals surface area contributed by atoms with Crippen LogP contribution in [0.2, 0.25) is 0 Å². The number of unbranched alkanes of at least 4 members (excludes halogenated alkanes) is 1. The fraction of sp³-hybridized carbons (Fsp3) is 0.310. The highest BCUT2D eigenvalue weighted by Crippen LogP contribution is 2.19. The van der Waals surface area contributed by atoms with Gasteiger partial charge in [0.15, 0.2) is 0 Å². The molecule has 39 heavy (non-hydrogen) atoms. The number of hydrogen-bond acceptors (Lipinski definition) is 8. The number of carbonyl (C=O) groups is 2. The third kappa shape index (κ3) is 10.7. The SMILES string of the molecule is CNC(C)c1cccc(CC(=O)Nc2nnc(CCCC/C(N)=C/C=C(\N)NC(=O)Cc3ccccc3)s2)c1. The lowest BCUT2D eigenvalue weighted by atomic mass is 10.0. The van der Waals surface area contributed by atoms with Gasteiger partial charge >= 0.3 is 0 Å². The molecule has 2 amide bonds. The van der Waals surface area contributed by atoms with Crippen molar-refractivity contribution in [3.63, 3.8) is 0 Å². The monoisotopic (exact) mass is 547 g/mol. The van der Waals surface area contributed by atoms with Gasteiger partial charge < -0.3 is 27.4 Å². The molecule has 1 aromatic heterocycles. The van der Waals surface area contributed by atoms with E-state index >= 15 is 0 Å². The number of carbonyl (C=O) groups excluding carboxylic acids is 2. The van der Waals surface area contributed by atoms with Gasteiger partial charge in [-0.15, -0.1) is 10.2 Å². The van der Waals surface area contributed by atoms with E-state index in [0.29, 0.717) is 17.2 Å². The second-order valence-corrected chi connectivity index (χ2v) is 10.3. The minimum Gasteiger partial charge on any atom is -0.402 e. The second-order valence-electron chi connectivity index (χ2n) is 9.26. The maximum absolute atomic E-state index is 12.5. The van der Waals surface area contributed by atoms with Crippen LogP contribution in [0.15, 0.2) is 78.3 Å². The van der Waals surface area contributed by atoms with Crippen molar-refractivity contribution in [2.24, 2.45) is 11.5 Å². The topological polar surface area (TPSA) is 148 Å². The first-order valence-corrected chi connectivity index (χ1v) is 13.8. The molecule has 0 saturated heterocycles. The van der Waals surface area contributed by atoms with Crippen LogP contribution in [0.4, 0.5) is 5.13 Å².